The van der Waals surface area contributed by atoms with Crippen LogP contribution in [-0.2, 0) is 19.5 Å². The molecule has 0 saturated heterocycles. The summed E-state index contributed by atoms with van der Waals surface area (Å²) >= 11 is 3.15. The fraction of sp³-hybridized carbons (Fsp3) is 0.400. The van der Waals surface area contributed by atoms with E-state index in [2.05, 4.69) is 41.6 Å². The maximum atomic E-state index is 13.5. The second kappa shape index (κ2) is 8.75. The molecule has 3 rings (SSSR count). The second-order valence-electron chi connectivity index (χ2n) is 5.41. The van der Waals surface area contributed by atoms with Gasteiger partial charge in [0.1, 0.15) is 18.0 Å². The van der Waals surface area contributed by atoms with Gasteiger partial charge in [0.15, 0.2) is 5.96 Å². The van der Waals surface area contributed by atoms with E-state index in [9.17, 15) is 4.39 Å². The SMILES string of the molecule is CN=C(NCc1ccc(Br)c(F)c1)NC1CCc2ncnn2C1.I. The minimum atomic E-state index is -0.266. The van der Waals surface area contributed by atoms with E-state index in [-0.39, 0.29) is 35.8 Å². The van der Waals surface area contributed by atoms with Crippen molar-refractivity contribution in [1.29, 1.82) is 0 Å². The van der Waals surface area contributed by atoms with Crippen molar-refractivity contribution >= 4 is 45.9 Å². The zero-order valence-electron chi connectivity index (χ0n) is 13.2. The molecule has 24 heavy (non-hydrogen) atoms. The maximum absolute atomic E-state index is 13.5. The van der Waals surface area contributed by atoms with Gasteiger partial charge in [0.25, 0.3) is 0 Å². The van der Waals surface area contributed by atoms with E-state index in [1.807, 2.05) is 10.7 Å². The van der Waals surface area contributed by atoms with Crippen LogP contribution in [0.25, 0.3) is 0 Å². The Balaban J connectivity index is 0.00000208. The van der Waals surface area contributed by atoms with Gasteiger partial charge in [-0.15, -0.1) is 24.0 Å². The summed E-state index contributed by atoms with van der Waals surface area (Å²) in [5.41, 5.74) is 0.857. The van der Waals surface area contributed by atoms with Crippen molar-refractivity contribution in [2.45, 2.75) is 32.0 Å². The number of halogens is 3. The predicted octanol–water partition coefficient (Wildman–Crippen LogP) is 2.48. The Morgan fingerprint density at radius 3 is 3.08 bits per heavy atom. The molecule has 2 aromatic rings. The molecule has 9 heteroatoms. The standard InChI is InChI=1S/C15H18BrFN6.HI/c1-18-15(19-7-10-2-4-12(16)13(17)6-10)22-11-3-5-14-20-9-21-23(14)8-11;/h2,4,6,9,11H,3,5,7-8H2,1H3,(H2,18,19,22);1H. The summed E-state index contributed by atoms with van der Waals surface area (Å²) in [6.07, 6.45) is 3.46. The number of benzene rings is 1. The number of rotatable bonds is 3. The molecular weight excluding hydrogens is 490 g/mol. The van der Waals surface area contributed by atoms with Crippen LogP contribution in [0.4, 0.5) is 4.39 Å². The van der Waals surface area contributed by atoms with Gasteiger partial charge in [-0.05, 0) is 40.0 Å². The van der Waals surface area contributed by atoms with Crippen LogP contribution in [-0.4, -0.2) is 33.8 Å². The number of nitrogens with one attached hydrogen (secondary N) is 2. The van der Waals surface area contributed by atoms with Crippen LogP contribution in [0.2, 0.25) is 0 Å². The van der Waals surface area contributed by atoms with Crippen molar-refractivity contribution < 1.29 is 4.39 Å². The first kappa shape index (κ1) is 19.1. The van der Waals surface area contributed by atoms with Crippen LogP contribution in [0.5, 0.6) is 0 Å². The smallest absolute Gasteiger partial charge is 0.191 e. The summed E-state index contributed by atoms with van der Waals surface area (Å²) in [4.78, 5) is 8.45. The van der Waals surface area contributed by atoms with Crippen LogP contribution in [0.15, 0.2) is 34.0 Å². The quantitative estimate of drug-likeness (QED) is 0.380. The molecule has 1 aliphatic heterocycles. The largest absolute Gasteiger partial charge is 0.352 e. The molecule has 1 aromatic carbocycles. The number of aliphatic imine (C=N–C) groups is 1. The third kappa shape index (κ3) is 4.65. The van der Waals surface area contributed by atoms with Gasteiger partial charge in [-0.3, -0.25) is 4.99 Å². The van der Waals surface area contributed by atoms with Gasteiger partial charge < -0.3 is 10.6 Å². The lowest BCUT2D eigenvalue weighted by molar-refractivity contribution is 0.392. The number of guanidine groups is 1. The number of aromatic nitrogens is 3. The average molecular weight is 509 g/mol. The first-order chi connectivity index (χ1) is 11.2. The summed E-state index contributed by atoms with van der Waals surface area (Å²) in [5.74, 6) is 1.46. The molecular formula is C15H19BrFIN6. The Hall–Kier alpha value is -1.23. The van der Waals surface area contributed by atoms with Gasteiger partial charge in [0, 0.05) is 26.1 Å². The summed E-state index contributed by atoms with van der Waals surface area (Å²) < 4.78 is 15.9. The van der Waals surface area contributed by atoms with Gasteiger partial charge in [-0.1, -0.05) is 6.07 Å². The molecule has 1 atom stereocenters. The lowest BCUT2D eigenvalue weighted by atomic mass is 10.1. The van der Waals surface area contributed by atoms with Crippen LogP contribution in [0, 0.1) is 5.82 Å². The Bertz CT molecular complexity index is 720. The molecule has 2 heterocycles. The minimum Gasteiger partial charge on any atom is -0.352 e. The summed E-state index contributed by atoms with van der Waals surface area (Å²) in [5, 5.41) is 10.8. The maximum Gasteiger partial charge on any atom is 0.191 e. The monoisotopic (exact) mass is 508 g/mol. The lowest BCUT2D eigenvalue weighted by Gasteiger charge is -2.25. The van der Waals surface area contributed by atoms with Crippen molar-refractivity contribution in [3.8, 4) is 0 Å². The van der Waals surface area contributed by atoms with Gasteiger partial charge in [0.05, 0.1) is 11.0 Å². The topological polar surface area (TPSA) is 67.1 Å². The highest BCUT2D eigenvalue weighted by Crippen LogP contribution is 2.16. The number of nitrogens with zero attached hydrogens (tertiary/aromatic N) is 4. The summed E-state index contributed by atoms with van der Waals surface area (Å²) in [6.45, 7) is 1.27. The highest BCUT2D eigenvalue weighted by molar-refractivity contribution is 14.0. The lowest BCUT2D eigenvalue weighted by Crippen LogP contribution is -2.46. The van der Waals surface area contributed by atoms with Gasteiger partial charge in [-0.25, -0.2) is 14.1 Å². The van der Waals surface area contributed by atoms with E-state index in [1.54, 1.807) is 19.4 Å². The normalized spacial score (nSPS) is 17.0. The molecule has 130 valence electrons. The molecule has 0 amide bonds. The fourth-order valence-electron chi connectivity index (χ4n) is 2.58. The van der Waals surface area contributed by atoms with Crippen molar-refractivity contribution in [3.05, 3.63) is 46.2 Å². The van der Waals surface area contributed by atoms with Crippen LogP contribution >= 0.6 is 39.9 Å². The molecule has 0 spiro atoms. The first-order valence-electron chi connectivity index (χ1n) is 7.43. The molecule has 2 N–H and O–H groups in total. The minimum absolute atomic E-state index is 0. The van der Waals surface area contributed by atoms with E-state index < -0.39 is 0 Å². The predicted molar refractivity (Wildman–Crippen MR) is 105 cm³/mol. The van der Waals surface area contributed by atoms with Crippen molar-refractivity contribution in [1.82, 2.24) is 25.4 Å². The van der Waals surface area contributed by atoms with Gasteiger partial charge in [0.2, 0.25) is 0 Å². The molecule has 0 fully saturated rings. The molecule has 1 aromatic heterocycles. The van der Waals surface area contributed by atoms with Crippen LogP contribution in [0.3, 0.4) is 0 Å². The fourth-order valence-corrected chi connectivity index (χ4v) is 2.83. The Morgan fingerprint density at radius 2 is 2.33 bits per heavy atom. The molecule has 1 aliphatic rings. The Labute approximate surface area is 165 Å². The Kier molecular flexibility index (Phi) is 6.96. The molecule has 0 bridgehead atoms. The van der Waals surface area contributed by atoms with Gasteiger partial charge in [-0.2, -0.15) is 5.10 Å². The van der Waals surface area contributed by atoms with E-state index in [0.29, 0.717) is 17.0 Å². The summed E-state index contributed by atoms with van der Waals surface area (Å²) in [7, 11) is 1.72. The number of fused-ring (bicyclic) bond motifs is 1. The zero-order valence-corrected chi connectivity index (χ0v) is 17.1. The second-order valence-corrected chi connectivity index (χ2v) is 6.27. The Morgan fingerprint density at radius 1 is 1.50 bits per heavy atom. The van der Waals surface area contributed by atoms with Crippen LogP contribution in [0.1, 0.15) is 17.8 Å². The summed E-state index contributed by atoms with van der Waals surface area (Å²) in [6, 6.07) is 5.33. The van der Waals surface area contributed by atoms with E-state index in [1.165, 1.54) is 6.07 Å². The van der Waals surface area contributed by atoms with E-state index in [4.69, 9.17) is 0 Å². The zero-order chi connectivity index (χ0) is 16.2. The highest BCUT2D eigenvalue weighted by atomic mass is 127. The van der Waals surface area contributed by atoms with E-state index in [0.717, 1.165) is 30.8 Å². The van der Waals surface area contributed by atoms with Crippen molar-refractivity contribution in [2.24, 2.45) is 4.99 Å². The average Bonchev–Trinajstić information content (AvgIpc) is 3.02. The molecule has 0 radical (unpaired) electrons. The van der Waals surface area contributed by atoms with Crippen LogP contribution < -0.4 is 10.6 Å². The number of hydrogen-bond acceptors (Lipinski definition) is 3. The third-order valence-corrected chi connectivity index (χ3v) is 4.46. The number of hydrogen-bond donors (Lipinski definition) is 2. The third-order valence-electron chi connectivity index (χ3n) is 3.81. The highest BCUT2D eigenvalue weighted by Gasteiger charge is 2.20. The molecule has 1 unspecified atom stereocenters. The number of aryl methyl sites for hydroxylation is 1. The van der Waals surface area contributed by atoms with Crippen molar-refractivity contribution in [2.75, 3.05) is 7.05 Å². The molecule has 0 aliphatic carbocycles. The molecule has 6 nitrogen and oxygen atoms in total. The van der Waals surface area contributed by atoms with E-state index >= 15 is 0 Å². The van der Waals surface area contributed by atoms with Crippen molar-refractivity contribution in [3.63, 3.8) is 0 Å². The first-order valence-corrected chi connectivity index (χ1v) is 8.23. The molecule has 0 saturated carbocycles. The van der Waals surface area contributed by atoms with Gasteiger partial charge >= 0.3 is 0 Å².